The molecular formula is C13H19BrN2. The summed E-state index contributed by atoms with van der Waals surface area (Å²) in [4.78, 5) is 2.55. The van der Waals surface area contributed by atoms with Gasteiger partial charge in [-0.2, -0.15) is 0 Å². The van der Waals surface area contributed by atoms with Crippen molar-refractivity contribution in [2.24, 2.45) is 0 Å². The molecule has 0 aromatic heterocycles. The minimum absolute atomic E-state index is 0.603. The van der Waals surface area contributed by atoms with Crippen LogP contribution in [-0.4, -0.2) is 30.1 Å². The van der Waals surface area contributed by atoms with Crippen LogP contribution in [0.1, 0.15) is 19.4 Å². The first kappa shape index (κ1) is 12.1. The molecule has 0 saturated carbocycles. The first-order valence-electron chi connectivity index (χ1n) is 5.87. The zero-order valence-electron chi connectivity index (χ0n) is 9.91. The van der Waals surface area contributed by atoms with Crippen molar-refractivity contribution in [2.45, 2.75) is 32.5 Å². The van der Waals surface area contributed by atoms with Crippen LogP contribution < -0.4 is 5.32 Å². The van der Waals surface area contributed by atoms with Gasteiger partial charge in [-0.1, -0.05) is 28.1 Å². The van der Waals surface area contributed by atoms with Crippen LogP contribution in [0.25, 0.3) is 0 Å². The van der Waals surface area contributed by atoms with Crippen LogP contribution >= 0.6 is 15.9 Å². The van der Waals surface area contributed by atoms with Crippen LogP contribution in [0.2, 0.25) is 0 Å². The number of nitrogens with one attached hydrogen (secondary N) is 1. The molecule has 1 saturated heterocycles. The number of hydrogen-bond donors (Lipinski definition) is 1. The number of nitrogens with zero attached hydrogens (tertiary/aromatic N) is 1. The fraction of sp³-hybridized carbons (Fsp3) is 0.538. The van der Waals surface area contributed by atoms with E-state index in [2.05, 4.69) is 64.3 Å². The lowest BCUT2D eigenvalue weighted by Crippen LogP contribution is -2.53. The lowest BCUT2D eigenvalue weighted by atomic mass is 10.1. The van der Waals surface area contributed by atoms with Crippen molar-refractivity contribution in [3.8, 4) is 0 Å². The number of halogens is 1. The standard InChI is InChI=1S/C13H19BrN2/c1-10-8-16(11(2)7-15-10)9-12-3-5-13(14)6-4-12/h3-6,10-11,15H,7-9H2,1-2H3/t10-,11+/m1/s1. The molecule has 0 bridgehead atoms. The second kappa shape index (κ2) is 5.30. The van der Waals surface area contributed by atoms with E-state index < -0.39 is 0 Å². The van der Waals surface area contributed by atoms with Crippen LogP contribution in [0.3, 0.4) is 0 Å². The van der Waals surface area contributed by atoms with Gasteiger partial charge in [0.05, 0.1) is 0 Å². The Morgan fingerprint density at radius 3 is 2.69 bits per heavy atom. The molecule has 0 unspecified atom stereocenters. The largest absolute Gasteiger partial charge is 0.311 e. The maximum absolute atomic E-state index is 3.51. The van der Waals surface area contributed by atoms with Crippen molar-refractivity contribution in [1.82, 2.24) is 10.2 Å². The van der Waals surface area contributed by atoms with Gasteiger partial charge in [0.15, 0.2) is 0 Å². The predicted octanol–water partition coefficient (Wildman–Crippen LogP) is 2.63. The van der Waals surface area contributed by atoms with Gasteiger partial charge in [0.25, 0.3) is 0 Å². The Kier molecular flexibility index (Phi) is 4.00. The maximum atomic E-state index is 3.51. The molecule has 1 N–H and O–H groups in total. The van der Waals surface area contributed by atoms with Crippen LogP contribution in [0.4, 0.5) is 0 Å². The number of piperazine rings is 1. The Morgan fingerprint density at radius 2 is 2.00 bits per heavy atom. The van der Waals surface area contributed by atoms with E-state index in [-0.39, 0.29) is 0 Å². The Bertz CT molecular complexity index is 336. The highest BCUT2D eigenvalue weighted by Crippen LogP contribution is 2.15. The van der Waals surface area contributed by atoms with E-state index in [4.69, 9.17) is 0 Å². The molecule has 1 heterocycles. The molecule has 0 aliphatic carbocycles. The van der Waals surface area contributed by atoms with Gasteiger partial charge in [-0.15, -0.1) is 0 Å². The Hall–Kier alpha value is -0.380. The van der Waals surface area contributed by atoms with E-state index in [0.717, 1.165) is 24.1 Å². The van der Waals surface area contributed by atoms with Gasteiger partial charge in [-0.3, -0.25) is 4.90 Å². The van der Waals surface area contributed by atoms with Gasteiger partial charge in [-0.25, -0.2) is 0 Å². The second-order valence-corrected chi connectivity index (χ2v) is 5.63. The molecule has 1 aromatic rings. The summed E-state index contributed by atoms with van der Waals surface area (Å²) in [5.74, 6) is 0. The van der Waals surface area contributed by atoms with Crippen molar-refractivity contribution in [3.05, 3.63) is 34.3 Å². The minimum Gasteiger partial charge on any atom is -0.311 e. The van der Waals surface area contributed by atoms with E-state index in [1.54, 1.807) is 0 Å². The highest BCUT2D eigenvalue weighted by molar-refractivity contribution is 9.10. The first-order valence-corrected chi connectivity index (χ1v) is 6.66. The van der Waals surface area contributed by atoms with Gasteiger partial charge in [-0.05, 0) is 31.5 Å². The van der Waals surface area contributed by atoms with Gasteiger partial charge in [0.2, 0.25) is 0 Å². The third kappa shape index (κ3) is 3.06. The SMILES string of the molecule is C[C@@H]1CN(Cc2ccc(Br)cc2)[C@@H](C)CN1. The summed E-state index contributed by atoms with van der Waals surface area (Å²) < 4.78 is 1.15. The van der Waals surface area contributed by atoms with E-state index in [1.165, 1.54) is 5.56 Å². The summed E-state index contributed by atoms with van der Waals surface area (Å²) in [5.41, 5.74) is 1.39. The summed E-state index contributed by atoms with van der Waals surface area (Å²) in [7, 11) is 0. The van der Waals surface area contributed by atoms with Gasteiger partial charge in [0.1, 0.15) is 0 Å². The van der Waals surface area contributed by atoms with Crippen LogP contribution in [0.5, 0.6) is 0 Å². The molecule has 0 radical (unpaired) electrons. The van der Waals surface area contributed by atoms with Gasteiger partial charge in [0, 0.05) is 36.2 Å². The molecule has 2 rings (SSSR count). The number of hydrogen-bond acceptors (Lipinski definition) is 2. The average Bonchev–Trinajstić information content (AvgIpc) is 2.27. The molecule has 2 atom stereocenters. The molecule has 2 nitrogen and oxygen atoms in total. The first-order chi connectivity index (χ1) is 7.65. The van der Waals surface area contributed by atoms with Gasteiger partial charge < -0.3 is 5.32 Å². The maximum Gasteiger partial charge on any atom is 0.0237 e. The van der Waals surface area contributed by atoms with Crippen molar-refractivity contribution in [2.75, 3.05) is 13.1 Å². The van der Waals surface area contributed by atoms with E-state index >= 15 is 0 Å². The Morgan fingerprint density at radius 1 is 1.31 bits per heavy atom. The normalized spacial score (nSPS) is 26.9. The molecule has 3 heteroatoms. The summed E-state index contributed by atoms with van der Waals surface area (Å²) in [6.07, 6.45) is 0. The lowest BCUT2D eigenvalue weighted by molar-refractivity contribution is 0.139. The molecule has 1 aliphatic rings. The quantitative estimate of drug-likeness (QED) is 0.897. The minimum atomic E-state index is 0.603. The third-order valence-electron chi connectivity index (χ3n) is 3.19. The van der Waals surface area contributed by atoms with E-state index in [0.29, 0.717) is 12.1 Å². The van der Waals surface area contributed by atoms with Crippen molar-refractivity contribution < 1.29 is 0 Å². The smallest absolute Gasteiger partial charge is 0.0237 e. The molecule has 1 fully saturated rings. The molecule has 1 aliphatic heterocycles. The highest BCUT2D eigenvalue weighted by Gasteiger charge is 2.21. The monoisotopic (exact) mass is 282 g/mol. The molecule has 1 aromatic carbocycles. The summed E-state index contributed by atoms with van der Waals surface area (Å²) in [6, 6.07) is 9.86. The molecule has 16 heavy (non-hydrogen) atoms. The van der Waals surface area contributed by atoms with Crippen molar-refractivity contribution in [3.63, 3.8) is 0 Å². The highest BCUT2D eigenvalue weighted by atomic mass is 79.9. The fourth-order valence-corrected chi connectivity index (χ4v) is 2.41. The summed E-state index contributed by atoms with van der Waals surface area (Å²) in [6.45, 7) is 7.83. The lowest BCUT2D eigenvalue weighted by Gasteiger charge is -2.37. The number of benzene rings is 1. The van der Waals surface area contributed by atoms with Crippen LogP contribution in [0, 0.1) is 0 Å². The molecule has 88 valence electrons. The Labute approximate surface area is 106 Å². The predicted molar refractivity (Wildman–Crippen MR) is 71.5 cm³/mol. The topological polar surface area (TPSA) is 15.3 Å². The van der Waals surface area contributed by atoms with E-state index in [1.807, 2.05) is 0 Å². The molecule has 0 spiro atoms. The second-order valence-electron chi connectivity index (χ2n) is 4.71. The van der Waals surface area contributed by atoms with Crippen molar-refractivity contribution >= 4 is 15.9 Å². The number of rotatable bonds is 2. The van der Waals surface area contributed by atoms with Crippen LogP contribution in [-0.2, 0) is 6.54 Å². The third-order valence-corrected chi connectivity index (χ3v) is 3.72. The molecule has 0 amide bonds. The zero-order chi connectivity index (χ0) is 11.5. The van der Waals surface area contributed by atoms with Crippen molar-refractivity contribution in [1.29, 1.82) is 0 Å². The Balaban J connectivity index is 2.00. The summed E-state index contributed by atoms with van der Waals surface area (Å²) >= 11 is 3.47. The van der Waals surface area contributed by atoms with E-state index in [9.17, 15) is 0 Å². The molecular weight excluding hydrogens is 264 g/mol. The summed E-state index contributed by atoms with van der Waals surface area (Å²) in [5, 5.41) is 3.51. The van der Waals surface area contributed by atoms with Crippen LogP contribution in [0.15, 0.2) is 28.7 Å². The zero-order valence-corrected chi connectivity index (χ0v) is 11.5. The average molecular weight is 283 g/mol. The van der Waals surface area contributed by atoms with Gasteiger partial charge >= 0.3 is 0 Å². The fourth-order valence-electron chi connectivity index (χ4n) is 2.14.